The first-order valence-electron chi connectivity index (χ1n) is 9.09. The molecule has 2 rings (SSSR count). The summed E-state index contributed by atoms with van der Waals surface area (Å²) in [5.74, 6) is -0.188. The van der Waals surface area contributed by atoms with Crippen LogP contribution in [0.25, 0.3) is 0 Å². The Kier molecular flexibility index (Phi) is 6.06. The number of nitro groups is 1. The van der Waals surface area contributed by atoms with Crippen LogP contribution < -0.4 is 5.32 Å². The van der Waals surface area contributed by atoms with Gasteiger partial charge in [-0.05, 0) is 32.8 Å². The Morgan fingerprint density at radius 1 is 1.43 bits per heavy atom. The molecule has 0 radical (unpaired) electrons. The Balaban J connectivity index is 2.49. The molecule has 0 fully saturated rings. The molecule has 9 heteroatoms. The number of amides is 2. The number of rotatable bonds is 4. The minimum absolute atomic E-state index is 0.0536. The minimum atomic E-state index is -0.991. The lowest BCUT2D eigenvalue weighted by molar-refractivity contribution is -0.385. The highest BCUT2D eigenvalue weighted by Crippen LogP contribution is 2.39. The summed E-state index contributed by atoms with van der Waals surface area (Å²) in [6, 6.07) is 6.12. The van der Waals surface area contributed by atoms with Crippen LogP contribution in [-0.4, -0.2) is 40.4 Å². The molecule has 1 aromatic carbocycles. The number of carbonyl (C=O) groups excluding carboxylic acids is 2. The van der Waals surface area contributed by atoms with Crippen LogP contribution in [0.2, 0.25) is 0 Å². The maximum atomic E-state index is 12.7. The Bertz CT molecular complexity index is 815. The quantitative estimate of drug-likeness (QED) is 0.625. The van der Waals surface area contributed by atoms with E-state index in [1.165, 1.54) is 24.1 Å². The van der Waals surface area contributed by atoms with E-state index in [2.05, 4.69) is 10.3 Å². The van der Waals surface area contributed by atoms with Crippen LogP contribution in [0.5, 0.6) is 0 Å². The Morgan fingerprint density at radius 2 is 2.11 bits per heavy atom. The SMILES string of the molecule is CCC[C@@]1(c2cccc([N+](=O)[O-])c2)CC(=O)N(C)C(NC(=O)OC(C)(C)C)=N1. The average molecular weight is 390 g/mol. The molecule has 2 amide bonds. The van der Waals surface area contributed by atoms with E-state index in [0.717, 1.165) is 0 Å². The monoisotopic (exact) mass is 390 g/mol. The van der Waals surface area contributed by atoms with Gasteiger partial charge in [0.15, 0.2) is 0 Å². The van der Waals surface area contributed by atoms with E-state index in [0.29, 0.717) is 18.4 Å². The predicted molar refractivity (Wildman–Crippen MR) is 104 cm³/mol. The Labute approximate surface area is 163 Å². The number of nitro benzene ring substituents is 1. The molecule has 0 saturated heterocycles. The van der Waals surface area contributed by atoms with E-state index in [-0.39, 0.29) is 24.0 Å². The molecule has 9 nitrogen and oxygen atoms in total. The Morgan fingerprint density at radius 3 is 2.68 bits per heavy atom. The van der Waals surface area contributed by atoms with Crippen molar-refractivity contribution in [3.8, 4) is 0 Å². The summed E-state index contributed by atoms with van der Waals surface area (Å²) < 4.78 is 5.25. The van der Waals surface area contributed by atoms with Gasteiger partial charge in [0, 0.05) is 19.2 Å². The van der Waals surface area contributed by atoms with Gasteiger partial charge in [-0.25, -0.2) is 9.79 Å². The predicted octanol–water partition coefficient (Wildman–Crippen LogP) is 3.33. The van der Waals surface area contributed by atoms with Crippen molar-refractivity contribution in [1.82, 2.24) is 10.2 Å². The highest BCUT2D eigenvalue weighted by Gasteiger charge is 2.41. The van der Waals surface area contributed by atoms with Crippen molar-refractivity contribution in [2.75, 3.05) is 7.05 Å². The lowest BCUT2D eigenvalue weighted by Gasteiger charge is -2.37. The van der Waals surface area contributed by atoms with Crippen LogP contribution in [0.3, 0.4) is 0 Å². The largest absolute Gasteiger partial charge is 0.444 e. The molecule has 1 N–H and O–H groups in total. The van der Waals surface area contributed by atoms with Gasteiger partial charge in [0.25, 0.3) is 5.69 Å². The van der Waals surface area contributed by atoms with Gasteiger partial charge in [-0.2, -0.15) is 0 Å². The standard InChI is InChI=1S/C19H26N4O5/c1-6-10-19(13-8-7-9-14(11-13)23(26)27)12-15(24)22(5)16(21-19)20-17(25)28-18(2,3)4/h7-9,11H,6,10,12H2,1-5H3,(H,20,21,25)/t19-/m0/s1. The van der Waals surface area contributed by atoms with Gasteiger partial charge in [0.2, 0.25) is 11.9 Å². The van der Waals surface area contributed by atoms with Gasteiger partial charge in [-0.15, -0.1) is 0 Å². The van der Waals surface area contributed by atoms with E-state index in [4.69, 9.17) is 4.74 Å². The first-order chi connectivity index (χ1) is 13.0. The lowest BCUT2D eigenvalue weighted by atomic mass is 9.81. The molecular weight excluding hydrogens is 364 g/mol. The van der Waals surface area contributed by atoms with Crippen molar-refractivity contribution in [3.63, 3.8) is 0 Å². The zero-order valence-corrected chi connectivity index (χ0v) is 16.8. The van der Waals surface area contributed by atoms with Gasteiger partial charge < -0.3 is 4.74 Å². The fourth-order valence-corrected chi connectivity index (χ4v) is 3.09. The fraction of sp³-hybridized carbons (Fsp3) is 0.526. The second-order valence-corrected chi connectivity index (χ2v) is 7.78. The number of aliphatic imine (C=N–C) groups is 1. The van der Waals surface area contributed by atoms with Gasteiger partial charge in [-0.3, -0.25) is 25.1 Å². The van der Waals surface area contributed by atoms with Crippen LogP contribution in [0.4, 0.5) is 10.5 Å². The molecule has 28 heavy (non-hydrogen) atoms. The summed E-state index contributed by atoms with van der Waals surface area (Å²) in [5.41, 5.74) is -1.21. The third-order valence-corrected chi connectivity index (χ3v) is 4.33. The van der Waals surface area contributed by atoms with Crippen LogP contribution >= 0.6 is 0 Å². The first kappa shape index (κ1) is 21.3. The average Bonchev–Trinajstić information content (AvgIpc) is 2.58. The highest BCUT2D eigenvalue weighted by atomic mass is 16.6. The lowest BCUT2D eigenvalue weighted by Crippen LogP contribution is -2.52. The molecule has 1 atom stereocenters. The molecule has 0 spiro atoms. The van der Waals surface area contributed by atoms with Crippen LogP contribution in [0, 0.1) is 10.1 Å². The molecule has 1 aromatic rings. The molecule has 0 unspecified atom stereocenters. The zero-order valence-electron chi connectivity index (χ0n) is 16.8. The van der Waals surface area contributed by atoms with Crippen LogP contribution in [0.15, 0.2) is 29.3 Å². The normalized spacial score (nSPS) is 19.8. The summed E-state index contributed by atoms with van der Waals surface area (Å²) in [6.45, 7) is 7.14. The summed E-state index contributed by atoms with van der Waals surface area (Å²) >= 11 is 0. The number of nitrogens with one attached hydrogen (secondary N) is 1. The topological polar surface area (TPSA) is 114 Å². The number of carbonyl (C=O) groups is 2. The zero-order chi connectivity index (χ0) is 21.1. The molecule has 1 heterocycles. The minimum Gasteiger partial charge on any atom is -0.444 e. The van der Waals surface area contributed by atoms with Crippen molar-refractivity contribution in [1.29, 1.82) is 0 Å². The van der Waals surface area contributed by atoms with E-state index in [1.807, 2.05) is 6.92 Å². The van der Waals surface area contributed by atoms with E-state index in [9.17, 15) is 19.7 Å². The molecule has 0 aliphatic carbocycles. The molecule has 1 aliphatic rings. The number of nitrogens with zero attached hydrogens (tertiary/aromatic N) is 3. The van der Waals surface area contributed by atoms with Gasteiger partial charge in [0.05, 0.1) is 16.9 Å². The molecule has 1 aliphatic heterocycles. The van der Waals surface area contributed by atoms with E-state index >= 15 is 0 Å². The number of guanidine groups is 1. The van der Waals surface area contributed by atoms with E-state index < -0.39 is 22.2 Å². The van der Waals surface area contributed by atoms with Crippen LogP contribution in [0.1, 0.15) is 52.5 Å². The third-order valence-electron chi connectivity index (χ3n) is 4.33. The molecule has 0 aromatic heterocycles. The highest BCUT2D eigenvalue weighted by molar-refractivity contribution is 6.05. The van der Waals surface area contributed by atoms with Gasteiger partial charge >= 0.3 is 6.09 Å². The third kappa shape index (κ3) is 4.85. The van der Waals surface area contributed by atoms with Crippen LogP contribution in [-0.2, 0) is 15.1 Å². The van der Waals surface area contributed by atoms with Crippen molar-refractivity contribution >= 4 is 23.6 Å². The number of hydrogen-bond acceptors (Lipinski definition) is 6. The summed E-state index contributed by atoms with van der Waals surface area (Å²) in [7, 11) is 1.52. The first-order valence-corrected chi connectivity index (χ1v) is 9.09. The second-order valence-electron chi connectivity index (χ2n) is 7.78. The second kappa shape index (κ2) is 7.95. The number of benzene rings is 1. The van der Waals surface area contributed by atoms with E-state index in [1.54, 1.807) is 32.9 Å². The molecule has 0 bridgehead atoms. The van der Waals surface area contributed by atoms with Gasteiger partial charge in [-0.1, -0.05) is 25.5 Å². The smallest absolute Gasteiger partial charge is 0.414 e. The number of alkyl carbamates (subject to hydrolysis) is 1. The number of hydrogen-bond donors (Lipinski definition) is 1. The van der Waals surface area contributed by atoms with Crippen molar-refractivity contribution in [2.24, 2.45) is 4.99 Å². The fourth-order valence-electron chi connectivity index (χ4n) is 3.09. The maximum Gasteiger partial charge on any atom is 0.414 e. The summed E-state index contributed by atoms with van der Waals surface area (Å²) in [4.78, 5) is 41.5. The summed E-state index contributed by atoms with van der Waals surface area (Å²) in [5, 5.41) is 13.7. The van der Waals surface area contributed by atoms with Crippen molar-refractivity contribution in [3.05, 3.63) is 39.9 Å². The maximum absolute atomic E-state index is 12.7. The number of non-ortho nitro benzene ring substituents is 1. The summed E-state index contributed by atoms with van der Waals surface area (Å²) in [6.07, 6.45) is 0.519. The van der Waals surface area contributed by atoms with Gasteiger partial charge in [0.1, 0.15) is 5.60 Å². The molecule has 0 saturated carbocycles. The number of ether oxygens (including phenoxy) is 1. The molecular formula is C19H26N4O5. The van der Waals surface area contributed by atoms with Crippen molar-refractivity contribution < 1.29 is 19.2 Å². The Hall–Kier alpha value is -2.97. The molecule has 152 valence electrons. The van der Waals surface area contributed by atoms with Crippen molar-refractivity contribution in [2.45, 2.75) is 58.1 Å².